The number of carbonyl (C=O) groups excluding carboxylic acids is 2. The second-order valence-electron chi connectivity index (χ2n) is 5.07. The Labute approximate surface area is 122 Å². The van der Waals surface area contributed by atoms with E-state index in [-0.39, 0.29) is 11.9 Å². The maximum absolute atomic E-state index is 12.6. The Morgan fingerprint density at radius 3 is 2.86 bits per heavy atom. The quantitative estimate of drug-likeness (QED) is 0.792. The number of methoxy groups -OCH3 is 1. The summed E-state index contributed by atoms with van der Waals surface area (Å²) in [6.45, 7) is 0.563. The molecular formula is C16H16N2O3. The monoisotopic (exact) mass is 284 g/mol. The number of rotatable bonds is 2. The normalized spacial score (nSPS) is 18.0. The number of benzene rings is 1. The van der Waals surface area contributed by atoms with Gasteiger partial charge in [0.1, 0.15) is 11.7 Å². The van der Waals surface area contributed by atoms with Crippen molar-refractivity contribution in [2.75, 3.05) is 13.7 Å². The van der Waals surface area contributed by atoms with Gasteiger partial charge in [-0.25, -0.2) is 9.78 Å². The van der Waals surface area contributed by atoms with Gasteiger partial charge in [-0.2, -0.15) is 0 Å². The molecule has 1 atom stereocenters. The number of pyridine rings is 1. The van der Waals surface area contributed by atoms with Crippen molar-refractivity contribution in [2.45, 2.75) is 18.9 Å². The lowest BCUT2D eigenvalue weighted by Gasteiger charge is -2.22. The van der Waals surface area contributed by atoms with Crippen LogP contribution in [0.25, 0.3) is 10.9 Å². The van der Waals surface area contributed by atoms with E-state index in [0.29, 0.717) is 18.7 Å². The smallest absolute Gasteiger partial charge is 0.328 e. The molecule has 1 aliphatic rings. The fourth-order valence-electron chi connectivity index (χ4n) is 2.72. The number of para-hydroxylation sites is 1. The van der Waals surface area contributed by atoms with E-state index in [1.54, 1.807) is 11.0 Å². The maximum Gasteiger partial charge on any atom is 0.328 e. The summed E-state index contributed by atoms with van der Waals surface area (Å²) in [6.07, 6.45) is 1.45. The summed E-state index contributed by atoms with van der Waals surface area (Å²) < 4.78 is 4.77. The summed E-state index contributed by atoms with van der Waals surface area (Å²) in [5.74, 6) is -0.574. The lowest BCUT2D eigenvalue weighted by atomic mass is 10.2. The molecular weight excluding hydrogens is 268 g/mol. The number of aromatic nitrogens is 1. The molecule has 1 amide bonds. The van der Waals surface area contributed by atoms with Crippen molar-refractivity contribution in [3.8, 4) is 0 Å². The van der Waals surface area contributed by atoms with Gasteiger partial charge in [0, 0.05) is 11.9 Å². The van der Waals surface area contributed by atoms with Gasteiger partial charge in [-0.15, -0.1) is 0 Å². The number of hydrogen-bond acceptors (Lipinski definition) is 4. The number of fused-ring (bicyclic) bond motifs is 1. The van der Waals surface area contributed by atoms with E-state index in [1.165, 1.54) is 7.11 Å². The van der Waals surface area contributed by atoms with Crippen LogP contribution < -0.4 is 0 Å². The zero-order valence-corrected chi connectivity index (χ0v) is 11.8. The molecule has 21 heavy (non-hydrogen) atoms. The third kappa shape index (κ3) is 2.46. The van der Waals surface area contributed by atoms with Gasteiger partial charge in [-0.05, 0) is 25.0 Å². The third-order valence-corrected chi connectivity index (χ3v) is 3.80. The van der Waals surface area contributed by atoms with E-state index in [0.717, 1.165) is 17.3 Å². The van der Waals surface area contributed by atoms with Crippen molar-refractivity contribution in [3.05, 3.63) is 42.1 Å². The average molecular weight is 284 g/mol. The highest BCUT2D eigenvalue weighted by molar-refractivity contribution is 5.97. The molecule has 3 rings (SSSR count). The Morgan fingerprint density at radius 2 is 2.05 bits per heavy atom. The van der Waals surface area contributed by atoms with Crippen LogP contribution in [0.2, 0.25) is 0 Å². The summed E-state index contributed by atoms with van der Waals surface area (Å²) >= 11 is 0. The van der Waals surface area contributed by atoms with Crippen LogP contribution in [0.1, 0.15) is 23.3 Å². The molecule has 1 aromatic heterocycles. The number of ether oxygens (including phenoxy) is 1. The number of hydrogen-bond donors (Lipinski definition) is 0. The first-order valence-corrected chi connectivity index (χ1v) is 6.95. The predicted molar refractivity (Wildman–Crippen MR) is 77.8 cm³/mol. The van der Waals surface area contributed by atoms with Gasteiger partial charge in [-0.3, -0.25) is 4.79 Å². The minimum Gasteiger partial charge on any atom is -0.467 e. The lowest BCUT2D eigenvalue weighted by molar-refractivity contribution is -0.145. The maximum atomic E-state index is 12.6. The molecule has 0 radical (unpaired) electrons. The number of likely N-dealkylation sites (tertiary alicyclic amines) is 1. The van der Waals surface area contributed by atoms with Gasteiger partial charge < -0.3 is 9.64 Å². The topological polar surface area (TPSA) is 59.5 Å². The molecule has 0 spiro atoms. The first-order valence-electron chi connectivity index (χ1n) is 6.95. The van der Waals surface area contributed by atoms with Crippen molar-refractivity contribution in [1.29, 1.82) is 0 Å². The molecule has 1 saturated heterocycles. The lowest BCUT2D eigenvalue weighted by Crippen LogP contribution is -2.41. The standard InChI is InChI=1S/C16H16N2O3/c1-21-16(20)14-7-4-10-18(14)15(19)13-9-8-11-5-2-3-6-12(11)17-13/h2-3,5-6,8-9,14H,4,7,10H2,1H3. The molecule has 2 aromatic rings. The van der Waals surface area contributed by atoms with Crippen LogP contribution >= 0.6 is 0 Å². The van der Waals surface area contributed by atoms with Gasteiger partial charge in [0.25, 0.3) is 5.91 Å². The Hall–Kier alpha value is -2.43. The number of nitrogens with zero attached hydrogens (tertiary/aromatic N) is 2. The number of esters is 1. The van der Waals surface area contributed by atoms with Crippen LogP contribution in [-0.2, 0) is 9.53 Å². The largest absolute Gasteiger partial charge is 0.467 e. The molecule has 0 N–H and O–H groups in total. The SMILES string of the molecule is COC(=O)C1CCCN1C(=O)c1ccc2ccccc2n1. The number of amides is 1. The van der Waals surface area contributed by atoms with Gasteiger partial charge in [0.2, 0.25) is 0 Å². The van der Waals surface area contributed by atoms with Gasteiger partial charge in [0.15, 0.2) is 0 Å². The molecule has 0 saturated carbocycles. The highest BCUT2D eigenvalue weighted by Gasteiger charge is 2.35. The van der Waals surface area contributed by atoms with E-state index in [1.807, 2.05) is 30.3 Å². The van der Waals surface area contributed by atoms with Crippen LogP contribution in [0.15, 0.2) is 36.4 Å². The zero-order valence-electron chi connectivity index (χ0n) is 11.8. The predicted octanol–water partition coefficient (Wildman–Crippen LogP) is 2.01. The van der Waals surface area contributed by atoms with E-state index < -0.39 is 6.04 Å². The van der Waals surface area contributed by atoms with E-state index in [4.69, 9.17) is 4.74 Å². The Balaban J connectivity index is 1.91. The van der Waals surface area contributed by atoms with Crippen molar-refractivity contribution < 1.29 is 14.3 Å². The second-order valence-corrected chi connectivity index (χ2v) is 5.07. The van der Waals surface area contributed by atoms with Crippen LogP contribution in [0, 0.1) is 0 Å². The molecule has 1 aliphatic heterocycles. The van der Waals surface area contributed by atoms with E-state index in [2.05, 4.69) is 4.98 Å². The van der Waals surface area contributed by atoms with Crippen molar-refractivity contribution in [1.82, 2.24) is 9.88 Å². The van der Waals surface area contributed by atoms with E-state index in [9.17, 15) is 9.59 Å². The molecule has 108 valence electrons. The fourth-order valence-corrected chi connectivity index (χ4v) is 2.72. The van der Waals surface area contributed by atoms with Crippen LogP contribution in [0.3, 0.4) is 0 Å². The third-order valence-electron chi connectivity index (χ3n) is 3.80. The summed E-state index contributed by atoms with van der Waals surface area (Å²) in [5.41, 5.74) is 1.14. The Kier molecular flexibility index (Phi) is 3.56. The first kappa shape index (κ1) is 13.5. The molecule has 1 fully saturated rings. The van der Waals surface area contributed by atoms with Crippen LogP contribution in [-0.4, -0.2) is 41.5 Å². The molecule has 1 aromatic carbocycles. The van der Waals surface area contributed by atoms with Crippen molar-refractivity contribution in [2.24, 2.45) is 0 Å². The highest BCUT2D eigenvalue weighted by atomic mass is 16.5. The van der Waals surface area contributed by atoms with Crippen molar-refractivity contribution >= 4 is 22.8 Å². The summed E-state index contributed by atoms with van der Waals surface area (Å²) in [7, 11) is 1.34. The second kappa shape index (κ2) is 5.52. The molecule has 2 heterocycles. The Morgan fingerprint density at radius 1 is 1.24 bits per heavy atom. The van der Waals surface area contributed by atoms with Gasteiger partial charge >= 0.3 is 5.97 Å². The molecule has 5 heteroatoms. The zero-order chi connectivity index (χ0) is 14.8. The van der Waals surface area contributed by atoms with Crippen LogP contribution in [0.5, 0.6) is 0 Å². The number of carbonyl (C=O) groups is 2. The first-order chi connectivity index (χ1) is 10.2. The summed E-state index contributed by atoms with van der Waals surface area (Å²) in [5, 5.41) is 0.986. The van der Waals surface area contributed by atoms with Crippen molar-refractivity contribution in [3.63, 3.8) is 0 Å². The average Bonchev–Trinajstić information content (AvgIpc) is 3.02. The van der Waals surface area contributed by atoms with E-state index >= 15 is 0 Å². The minimum atomic E-state index is -0.490. The molecule has 1 unspecified atom stereocenters. The summed E-state index contributed by atoms with van der Waals surface area (Å²) in [6, 6.07) is 10.7. The minimum absolute atomic E-state index is 0.214. The molecule has 0 bridgehead atoms. The molecule has 0 aliphatic carbocycles. The fraction of sp³-hybridized carbons (Fsp3) is 0.312. The van der Waals surface area contributed by atoms with Gasteiger partial charge in [0.05, 0.1) is 12.6 Å². The van der Waals surface area contributed by atoms with Crippen LogP contribution in [0.4, 0.5) is 0 Å². The van der Waals surface area contributed by atoms with Gasteiger partial charge in [-0.1, -0.05) is 24.3 Å². The summed E-state index contributed by atoms with van der Waals surface area (Å²) in [4.78, 5) is 30.3. The highest BCUT2D eigenvalue weighted by Crippen LogP contribution is 2.21. The molecule has 5 nitrogen and oxygen atoms in total. The Bertz CT molecular complexity index is 699.